The van der Waals surface area contributed by atoms with Crippen LogP contribution in [0.1, 0.15) is 10.4 Å². The Labute approximate surface area is 130 Å². The summed E-state index contributed by atoms with van der Waals surface area (Å²) in [7, 11) is 0. The first-order chi connectivity index (χ1) is 10.1. The maximum absolute atomic E-state index is 12.3. The molecule has 0 radical (unpaired) electrons. The molecule has 0 fully saturated rings. The number of fused-ring (bicyclic) bond motifs is 1. The standard InChI is InChI=1S/C16H12BrNO3/c17-12-7-5-11(6-8-12)14(19)9-18-13-3-1-2-4-15(13)21-10-16(18)20/h1-8H,9-10H2. The average Bonchev–Trinajstić information content (AvgIpc) is 2.51. The van der Waals surface area contributed by atoms with Crippen molar-refractivity contribution in [2.45, 2.75) is 0 Å². The number of halogens is 1. The van der Waals surface area contributed by atoms with Crippen LogP contribution in [-0.4, -0.2) is 24.8 Å². The van der Waals surface area contributed by atoms with Crippen molar-refractivity contribution in [3.8, 4) is 5.75 Å². The van der Waals surface area contributed by atoms with Gasteiger partial charge >= 0.3 is 0 Å². The summed E-state index contributed by atoms with van der Waals surface area (Å²) in [5.41, 5.74) is 1.22. The predicted molar refractivity (Wildman–Crippen MR) is 82.8 cm³/mol. The summed E-state index contributed by atoms with van der Waals surface area (Å²) in [5, 5.41) is 0. The number of Topliss-reactive ketones (excluding diaryl/α,β-unsaturated/α-hetero) is 1. The van der Waals surface area contributed by atoms with Gasteiger partial charge in [0.05, 0.1) is 12.2 Å². The van der Waals surface area contributed by atoms with Gasteiger partial charge in [0.25, 0.3) is 5.91 Å². The number of benzene rings is 2. The minimum absolute atomic E-state index is 0.0147. The highest BCUT2D eigenvalue weighted by molar-refractivity contribution is 9.10. The van der Waals surface area contributed by atoms with Gasteiger partial charge in [0.2, 0.25) is 0 Å². The first kappa shape index (κ1) is 13.8. The van der Waals surface area contributed by atoms with Crippen molar-refractivity contribution in [2.75, 3.05) is 18.1 Å². The first-order valence-corrected chi connectivity index (χ1v) is 7.25. The van der Waals surface area contributed by atoms with Crippen LogP contribution in [0.25, 0.3) is 0 Å². The second-order valence-electron chi connectivity index (χ2n) is 4.67. The molecule has 1 heterocycles. The highest BCUT2D eigenvalue weighted by Gasteiger charge is 2.27. The zero-order chi connectivity index (χ0) is 14.8. The zero-order valence-electron chi connectivity index (χ0n) is 11.1. The minimum atomic E-state index is -0.209. The summed E-state index contributed by atoms with van der Waals surface area (Å²) in [6, 6.07) is 14.3. The van der Waals surface area contributed by atoms with Crippen LogP contribution < -0.4 is 9.64 Å². The lowest BCUT2D eigenvalue weighted by molar-refractivity contribution is -0.121. The Morgan fingerprint density at radius 1 is 1.14 bits per heavy atom. The first-order valence-electron chi connectivity index (χ1n) is 6.46. The maximum Gasteiger partial charge on any atom is 0.265 e. The highest BCUT2D eigenvalue weighted by atomic mass is 79.9. The van der Waals surface area contributed by atoms with Gasteiger partial charge in [-0.05, 0) is 24.3 Å². The number of nitrogens with zero attached hydrogens (tertiary/aromatic N) is 1. The third-order valence-corrected chi connectivity index (χ3v) is 3.80. The van der Waals surface area contributed by atoms with Crippen LogP contribution in [0, 0.1) is 0 Å². The summed E-state index contributed by atoms with van der Waals surface area (Å²) in [6.07, 6.45) is 0. The van der Waals surface area contributed by atoms with E-state index in [1.807, 2.05) is 24.3 Å². The Morgan fingerprint density at radius 3 is 2.62 bits per heavy atom. The second kappa shape index (κ2) is 5.69. The number of amides is 1. The monoisotopic (exact) mass is 345 g/mol. The zero-order valence-corrected chi connectivity index (χ0v) is 12.7. The molecule has 0 N–H and O–H groups in total. The molecule has 3 rings (SSSR count). The molecule has 0 atom stereocenters. The highest BCUT2D eigenvalue weighted by Crippen LogP contribution is 2.31. The fourth-order valence-corrected chi connectivity index (χ4v) is 2.46. The van der Waals surface area contributed by atoms with Gasteiger partial charge in [-0.3, -0.25) is 14.5 Å². The fourth-order valence-electron chi connectivity index (χ4n) is 2.20. The molecule has 2 aromatic carbocycles. The molecule has 1 aliphatic rings. The van der Waals surface area contributed by atoms with E-state index in [0.717, 1.165) is 4.47 Å². The topological polar surface area (TPSA) is 46.6 Å². The van der Waals surface area contributed by atoms with Crippen LogP contribution in [0.15, 0.2) is 53.0 Å². The molecular weight excluding hydrogens is 334 g/mol. The van der Waals surface area contributed by atoms with E-state index in [4.69, 9.17) is 4.74 Å². The van der Waals surface area contributed by atoms with E-state index >= 15 is 0 Å². The summed E-state index contributed by atoms with van der Waals surface area (Å²) in [6.45, 7) is -0.0224. The van der Waals surface area contributed by atoms with Crippen molar-refractivity contribution in [3.05, 3.63) is 58.6 Å². The van der Waals surface area contributed by atoms with Crippen LogP contribution in [0.2, 0.25) is 0 Å². The predicted octanol–water partition coefficient (Wildman–Crippen LogP) is 3.06. The number of carbonyl (C=O) groups is 2. The van der Waals surface area contributed by atoms with Crippen LogP contribution >= 0.6 is 15.9 Å². The number of hydrogen-bond donors (Lipinski definition) is 0. The van der Waals surface area contributed by atoms with Gasteiger partial charge < -0.3 is 4.74 Å². The molecule has 21 heavy (non-hydrogen) atoms. The van der Waals surface area contributed by atoms with Crippen LogP contribution in [0.3, 0.4) is 0 Å². The van der Waals surface area contributed by atoms with Crippen LogP contribution in [-0.2, 0) is 4.79 Å². The molecule has 0 saturated heterocycles. The van der Waals surface area contributed by atoms with Crippen molar-refractivity contribution < 1.29 is 14.3 Å². The van der Waals surface area contributed by atoms with Gasteiger partial charge in [0.1, 0.15) is 5.75 Å². The molecule has 5 heteroatoms. The lowest BCUT2D eigenvalue weighted by Crippen LogP contribution is -2.41. The number of anilines is 1. The number of hydrogen-bond acceptors (Lipinski definition) is 3. The summed E-state index contributed by atoms with van der Waals surface area (Å²) < 4.78 is 6.27. The third-order valence-electron chi connectivity index (χ3n) is 3.28. The molecule has 1 amide bonds. The summed E-state index contributed by atoms with van der Waals surface area (Å²) in [5.74, 6) is 0.312. The molecule has 0 unspecified atom stereocenters. The molecule has 0 aliphatic carbocycles. The van der Waals surface area contributed by atoms with Crippen molar-refractivity contribution >= 4 is 33.3 Å². The van der Waals surface area contributed by atoms with E-state index in [2.05, 4.69) is 15.9 Å². The third kappa shape index (κ3) is 2.83. The molecule has 0 bridgehead atoms. The maximum atomic E-state index is 12.3. The van der Waals surface area contributed by atoms with E-state index in [1.165, 1.54) is 4.90 Å². The molecule has 0 aromatic heterocycles. The van der Waals surface area contributed by atoms with Crippen LogP contribution in [0.4, 0.5) is 5.69 Å². The van der Waals surface area contributed by atoms with Gasteiger partial charge in [0, 0.05) is 10.0 Å². The summed E-state index contributed by atoms with van der Waals surface area (Å²) >= 11 is 3.33. The molecular formula is C16H12BrNO3. The SMILES string of the molecule is O=C(CN1C(=O)COc2ccccc21)c1ccc(Br)cc1. The van der Waals surface area contributed by atoms with E-state index in [0.29, 0.717) is 17.0 Å². The Morgan fingerprint density at radius 2 is 1.86 bits per heavy atom. The van der Waals surface area contributed by atoms with E-state index in [1.54, 1.807) is 24.3 Å². The quantitative estimate of drug-likeness (QED) is 0.803. The number of ether oxygens (including phenoxy) is 1. The van der Waals surface area contributed by atoms with Crippen molar-refractivity contribution in [1.29, 1.82) is 0 Å². The number of rotatable bonds is 3. The molecule has 106 valence electrons. The lowest BCUT2D eigenvalue weighted by Gasteiger charge is -2.28. The van der Waals surface area contributed by atoms with Crippen molar-refractivity contribution in [2.24, 2.45) is 0 Å². The Hall–Kier alpha value is -2.14. The molecule has 0 spiro atoms. The van der Waals surface area contributed by atoms with E-state index < -0.39 is 0 Å². The largest absolute Gasteiger partial charge is 0.482 e. The van der Waals surface area contributed by atoms with Gasteiger partial charge in [0.15, 0.2) is 12.4 Å². The number of ketones is 1. The van der Waals surface area contributed by atoms with Gasteiger partial charge in [-0.2, -0.15) is 0 Å². The molecule has 1 aliphatic heterocycles. The van der Waals surface area contributed by atoms with E-state index in [9.17, 15) is 9.59 Å². The van der Waals surface area contributed by atoms with E-state index in [-0.39, 0.29) is 24.8 Å². The van der Waals surface area contributed by atoms with Crippen molar-refractivity contribution in [1.82, 2.24) is 0 Å². The fraction of sp³-hybridized carbons (Fsp3) is 0.125. The van der Waals surface area contributed by atoms with Gasteiger partial charge in [-0.1, -0.05) is 40.2 Å². The van der Waals surface area contributed by atoms with Crippen molar-refractivity contribution in [3.63, 3.8) is 0 Å². The Kier molecular flexibility index (Phi) is 3.75. The lowest BCUT2D eigenvalue weighted by atomic mass is 10.1. The Balaban J connectivity index is 1.85. The number of carbonyl (C=O) groups excluding carboxylic acids is 2. The molecule has 2 aromatic rings. The Bertz CT molecular complexity index is 697. The van der Waals surface area contributed by atoms with Gasteiger partial charge in [-0.25, -0.2) is 0 Å². The normalized spacial score (nSPS) is 13.6. The molecule has 4 nitrogen and oxygen atoms in total. The molecule has 0 saturated carbocycles. The minimum Gasteiger partial charge on any atom is -0.482 e. The number of para-hydroxylation sites is 2. The average molecular weight is 346 g/mol. The van der Waals surface area contributed by atoms with Gasteiger partial charge in [-0.15, -0.1) is 0 Å². The second-order valence-corrected chi connectivity index (χ2v) is 5.58. The smallest absolute Gasteiger partial charge is 0.265 e. The van der Waals surface area contributed by atoms with Crippen LogP contribution in [0.5, 0.6) is 5.75 Å². The summed E-state index contributed by atoms with van der Waals surface area (Å²) in [4.78, 5) is 25.8.